The van der Waals surface area contributed by atoms with E-state index in [1.54, 1.807) is 0 Å². The zero-order valence-corrected chi connectivity index (χ0v) is 11.8. The van der Waals surface area contributed by atoms with E-state index in [-0.39, 0.29) is 5.91 Å². The standard InChI is InChI=1S/C16H16ClNO/c1-11-6-12(2)8-14(7-11)16(19)18-15-5-3-4-13(9-15)10-17/h3-9H,10H2,1-2H3,(H,18,19). The normalized spacial score (nSPS) is 10.3. The summed E-state index contributed by atoms with van der Waals surface area (Å²) < 4.78 is 0. The topological polar surface area (TPSA) is 29.1 Å². The molecule has 2 rings (SSSR count). The number of nitrogens with one attached hydrogen (secondary N) is 1. The molecule has 2 nitrogen and oxygen atoms in total. The number of alkyl halides is 1. The molecule has 0 aromatic heterocycles. The third kappa shape index (κ3) is 3.58. The summed E-state index contributed by atoms with van der Waals surface area (Å²) in [7, 11) is 0. The number of benzene rings is 2. The predicted molar refractivity (Wildman–Crippen MR) is 79.9 cm³/mol. The van der Waals surface area contributed by atoms with E-state index >= 15 is 0 Å². The van der Waals surface area contributed by atoms with Gasteiger partial charge < -0.3 is 5.32 Å². The Hall–Kier alpha value is -1.80. The monoisotopic (exact) mass is 273 g/mol. The number of aryl methyl sites for hydroxylation is 2. The van der Waals surface area contributed by atoms with Crippen molar-refractivity contribution >= 4 is 23.2 Å². The van der Waals surface area contributed by atoms with E-state index in [2.05, 4.69) is 5.32 Å². The van der Waals surface area contributed by atoms with Crippen LogP contribution in [0.2, 0.25) is 0 Å². The highest BCUT2D eigenvalue weighted by Gasteiger charge is 2.07. The van der Waals surface area contributed by atoms with Crippen LogP contribution in [-0.4, -0.2) is 5.91 Å². The Morgan fingerprint density at radius 3 is 2.42 bits per heavy atom. The molecule has 0 radical (unpaired) electrons. The molecule has 0 aliphatic rings. The maximum atomic E-state index is 12.2. The van der Waals surface area contributed by atoms with Crippen LogP contribution in [0.25, 0.3) is 0 Å². The molecule has 0 spiro atoms. The smallest absolute Gasteiger partial charge is 0.255 e. The van der Waals surface area contributed by atoms with Crippen molar-refractivity contribution in [3.8, 4) is 0 Å². The molecule has 2 aromatic carbocycles. The first-order valence-electron chi connectivity index (χ1n) is 6.13. The molecular weight excluding hydrogens is 258 g/mol. The molecule has 19 heavy (non-hydrogen) atoms. The molecule has 3 heteroatoms. The zero-order chi connectivity index (χ0) is 13.8. The zero-order valence-electron chi connectivity index (χ0n) is 11.0. The van der Waals surface area contributed by atoms with Gasteiger partial charge in [0.1, 0.15) is 0 Å². The fraction of sp³-hybridized carbons (Fsp3) is 0.188. The lowest BCUT2D eigenvalue weighted by molar-refractivity contribution is 0.102. The fourth-order valence-electron chi connectivity index (χ4n) is 2.04. The van der Waals surface area contributed by atoms with Gasteiger partial charge in [-0.3, -0.25) is 4.79 Å². The SMILES string of the molecule is Cc1cc(C)cc(C(=O)Nc2cccc(CCl)c2)c1. The second-order valence-corrected chi connectivity index (χ2v) is 4.93. The Balaban J connectivity index is 2.20. The average Bonchev–Trinajstić information content (AvgIpc) is 2.37. The van der Waals surface area contributed by atoms with Gasteiger partial charge in [-0.05, 0) is 43.7 Å². The molecule has 0 saturated carbocycles. The minimum atomic E-state index is -0.0986. The second-order valence-electron chi connectivity index (χ2n) is 4.66. The molecule has 0 atom stereocenters. The van der Waals surface area contributed by atoms with Crippen molar-refractivity contribution < 1.29 is 4.79 Å². The first-order chi connectivity index (χ1) is 9.08. The summed E-state index contributed by atoms with van der Waals surface area (Å²) in [6.45, 7) is 3.97. The van der Waals surface area contributed by atoms with Crippen LogP contribution in [0.5, 0.6) is 0 Å². The number of rotatable bonds is 3. The molecule has 0 bridgehead atoms. The summed E-state index contributed by atoms with van der Waals surface area (Å²) in [5, 5.41) is 2.89. The van der Waals surface area contributed by atoms with Crippen molar-refractivity contribution in [1.82, 2.24) is 0 Å². The predicted octanol–water partition coefficient (Wildman–Crippen LogP) is 4.29. The van der Waals surface area contributed by atoms with Crippen molar-refractivity contribution in [2.24, 2.45) is 0 Å². The quantitative estimate of drug-likeness (QED) is 0.830. The summed E-state index contributed by atoms with van der Waals surface area (Å²) in [6.07, 6.45) is 0. The highest BCUT2D eigenvalue weighted by atomic mass is 35.5. The molecule has 1 amide bonds. The number of amides is 1. The van der Waals surface area contributed by atoms with Crippen molar-refractivity contribution in [1.29, 1.82) is 0 Å². The largest absolute Gasteiger partial charge is 0.322 e. The lowest BCUT2D eigenvalue weighted by atomic mass is 10.1. The van der Waals surface area contributed by atoms with E-state index in [9.17, 15) is 4.79 Å². The van der Waals surface area contributed by atoms with Gasteiger partial charge in [-0.25, -0.2) is 0 Å². The Bertz CT molecular complexity index is 587. The van der Waals surface area contributed by atoms with Crippen LogP contribution in [0.4, 0.5) is 5.69 Å². The summed E-state index contributed by atoms with van der Waals surface area (Å²) >= 11 is 5.78. The highest BCUT2D eigenvalue weighted by Crippen LogP contribution is 2.15. The maximum Gasteiger partial charge on any atom is 0.255 e. The second kappa shape index (κ2) is 5.89. The number of hydrogen-bond acceptors (Lipinski definition) is 1. The van der Waals surface area contributed by atoms with E-state index in [0.29, 0.717) is 11.4 Å². The average molecular weight is 274 g/mol. The van der Waals surface area contributed by atoms with Gasteiger partial charge in [-0.1, -0.05) is 29.3 Å². The van der Waals surface area contributed by atoms with Crippen molar-refractivity contribution in [3.05, 3.63) is 64.7 Å². The summed E-state index contributed by atoms with van der Waals surface area (Å²) in [4.78, 5) is 12.2. The van der Waals surface area contributed by atoms with Gasteiger partial charge >= 0.3 is 0 Å². The van der Waals surface area contributed by atoms with Gasteiger partial charge in [0.15, 0.2) is 0 Å². The van der Waals surface area contributed by atoms with Crippen LogP contribution < -0.4 is 5.32 Å². The summed E-state index contributed by atoms with van der Waals surface area (Å²) in [5.74, 6) is 0.339. The molecular formula is C16H16ClNO. The fourth-order valence-corrected chi connectivity index (χ4v) is 2.21. The Kier molecular flexibility index (Phi) is 4.23. The van der Waals surface area contributed by atoms with Gasteiger partial charge in [0, 0.05) is 17.1 Å². The molecule has 0 saturated heterocycles. The van der Waals surface area contributed by atoms with E-state index < -0.39 is 0 Å². The Morgan fingerprint density at radius 2 is 1.79 bits per heavy atom. The molecule has 0 aliphatic heterocycles. The number of anilines is 1. The third-order valence-electron chi connectivity index (χ3n) is 2.82. The van der Waals surface area contributed by atoms with Gasteiger partial charge in [0.2, 0.25) is 0 Å². The Labute approximate surface area is 118 Å². The van der Waals surface area contributed by atoms with Gasteiger partial charge in [0.25, 0.3) is 5.91 Å². The molecule has 1 N–H and O–H groups in total. The van der Waals surface area contributed by atoms with E-state index in [1.807, 2.05) is 56.3 Å². The lowest BCUT2D eigenvalue weighted by Crippen LogP contribution is -2.12. The van der Waals surface area contributed by atoms with Crippen molar-refractivity contribution in [2.45, 2.75) is 19.7 Å². The minimum Gasteiger partial charge on any atom is -0.322 e. The lowest BCUT2D eigenvalue weighted by Gasteiger charge is -2.08. The van der Waals surface area contributed by atoms with Crippen LogP contribution >= 0.6 is 11.6 Å². The first kappa shape index (κ1) is 13.6. The van der Waals surface area contributed by atoms with Crippen molar-refractivity contribution in [2.75, 3.05) is 5.32 Å². The minimum absolute atomic E-state index is 0.0986. The van der Waals surface area contributed by atoms with Crippen LogP contribution in [0.15, 0.2) is 42.5 Å². The highest BCUT2D eigenvalue weighted by molar-refractivity contribution is 6.17. The van der Waals surface area contributed by atoms with Gasteiger partial charge in [0.05, 0.1) is 0 Å². The molecule has 98 valence electrons. The molecule has 0 unspecified atom stereocenters. The van der Waals surface area contributed by atoms with Crippen LogP contribution in [0.3, 0.4) is 0 Å². The molecule has 2 aromatic rings. The first-order valence-corrected chi connectivity index (χ1v) is 6.66. The third-order valence-corrected chi connectivity index (χ3v) is 3.13. The molecule has 0 fully saturated rings. The van der Waals surface area contributed by atoms with Crippen LogP contribution in [0, 0.1) is 13.8 Å². The molecule has 0 heterocycles. The number of carbonyl (C=O) groups excluding carboxylic acids is 1. The number of carbonyl (C=O) groups is 1. The number of halogens is 1. The van der Waals surface area contributed by atoms with Crippen LogP contribution in [-0.2, 0) is 5.88 Å². The van der Waals surface area contributed by atoms with Gasteiger partial charge in [-0.2, -0.15) is 0 Å². The summed E-state index contributed by atoms with van der Waals surface area (Å²) in [5.41, 5.74) is 4.59. The van der Waals surface area contributed by atoms with Crippen LogP contribution in [0.1, 0.15) is 27.0 Å². The summed E-state index contributed by atoms with van der Waals surface area (Å²) in [6, 6.07) is 13.4. The van der Waals surface area contributed by atoms with Crippen molar-refractivity contribution in [3.63, 3.8) is 0 Å². The van der Waals surface area contributed by atoms with E-state index in [0.717, 1.165) is 22.4 Å². The number of hydrogen-bond donors (Lipinski definition) is 1. The van der Waals surface area contributed by atoms with E-state index in [1.165, 1.54) is 0 Å². The Morgan fingerprint density at radius 1 is 1.11 bits per heavy atom. The van der Waals surface area contributed by atoms with E-state index in [4.69, 9.17) is 11.6 Å². The maximum absolute atomic E-state index is 12.2. The van der Waals surface area contributed by atoms with Gasteiger partial charge in [-0.15, -0.1) is 11.6 Å². The molecule has 0 aliphatic carbocycles.